The predicted octanol–water partition coefficient (Wildman–Crippen LogP) is -2.86. The monoisotopic (exact) mass is 434 g/mol. The van der Waals surface area contributed by atoms with Gasteiger partial charge in [-0.3, -0.25) is 19.2 Å². The van der Waals surface area contributed by atoms with Crippen molar-refractivity contribution >= 4 is 42.3 Å². The van der Waals surface area contributed by atoms with Crippen LogP contribution in [0.3, 0.4) is 0 Å². The van der Waals surface area contributed by atoms with Crippen LogP contribution in [-0.2, 0) is 24.0 Å². The molecule has 3 amide bonds. The molecule has 0 bridgehead atoms. The van der Waals surface area contributed by atoms with Crippen LogP contribution in [0.4, 0.5) is 0 Å². The lowest BCUT2D eigenvalue weighted by molar-refractivity contribution is -0.145. The second-order valence-corrected chi connectivity index (χ2v) is 7.06. The largest absolute Gasteiger partial charge is 0.481 e. The van der Waals surface area contributed by atoms with Crippen LogP contribution in [0, 0.1) is 0 Å². The molecule has 7 N–H and O–H groups in total. The Bertz CT molecular complexity index is 659. The summed E-state index contributed by atoms with van der Waals surface area (Å²) in [7, 11) is 0. The highest BCUT2D eigenvalue weighted by Gasteiger charge is 2.39. The molecule has 13 heteroatoms. The Hall–Kier alpha value is -2.38. The number of nitrogens with two attached hydrogens (primary N) is 1. The van der Waals surface area contributed by atoms with Gasteiger partial charge in [-0.05, 0) is 19.8 Å². The Morgan fingerprint density at radius 2 is 1.79 bits per heavy atom. The minimum Gasteiger partial charge on any atom is -0.481 e. The number of carboxylic acids is 2. The number of hydrogen-bond donors (Lipinski definition) is 7. The van der Waals surface area contributed by atoms with E-state index in [9.17, 15) is 29.1 Å². The van der Waals surface area contributed by atoms with Crippen molar-refractivity contribution in [3.63, 3.8) is 0 Å². The third kappa shape index (κ3) is 6.87. The number of nitrogens with zero attached hydrogens (tertiary/aromatic N) is 1. The number of nitrogens with one attached hydrogen (secondary N) is 2. The highest BCUT2D eigenvalue weighted by Crippen LogP contribution is 2.19. The smallest absolute Gasteiger partial charge is 0.327 e. The molecular weight excluding hydrogens is 408 g/mol. The Morgan fingerprint density at radius 3 is 2.28 bits per heavy atom. The summed E-state index contributed by atoms with van der Waals surface area (Å²) in [6.07, 6.45) is -1.18. The number of carbonyl (C=O) groups is 5. The van der Waals surface area contributed by atoms with E-state index in [-0.39, 0.29) is 18.7 Å². The summed E-state index contributed by atoms with van der Waals surface area (Å²) in [5.74, 6) is -5.41. The zero-order valence-electron chi connectivity index (χ0n) is 15.8. The normalized spacial score (nSPS) is 20.3. The fourth-order valence-electron chi connectivity index (χ4n) is 2.81. The van der Waals surface area contributed by atoms with E-state index in [1.54, 1.807) is 0 Å². The first-order chi connectivity index (χ1) is 13.5. The number of thiol groups is 1. The maximum absolute atomic E-state index is 12.6. The first kappa shape index (κ1) is 24.7. The van der Waals surface area contributed by atoms with Gasteiger partial charge in [-0.1, -0.05) is 0 Å². The molecule has 1 aliphatic rings. The third-order valence-electron chi connectivity index (χ3n) is 4.45. The van der Waals surface area contributed by atoms with Crippen molar-refractivity contribution < 1.29 is 39.3 Å². The molecule has 0 spiro atoms. The van der Waals surface area contributed by atoms with E-state index >= 15 is 0 Å². The van der Waals surface area contributed by atoms with Crippen LogP contribution in [0.2, 0.25) is 0 Å². The van der Waals surface area contributed by atoms with Gasteiger partial charge in [-0.25, -0.2) is 4.79 Å². The number of hydrogen-bond acceptors (Lipinski definition) is 8. The van der Waals surface area contributed by atoms with Crippen molar-refractivity contribution in [1.82, 2.24) is 15.5 Å². The second-order valence-electron chi connectivity index (χ2n) is 6.70. The molecule has 12 nitrogen and oxygen atoms in total. The van der Waals surface area contributed by atoms with Crippen molar-refractivity contribution in [3.05, 3.63) is 0 Å². The zero-order chi connectivity index (χ0) is 22.3. The minimum atomic E-state index is -1.55. The van der Waals surface area contributed by atoms with Crippen molar-refractivity contribution in [2.24, 2.45) is 5.73 Å². The van der Waals surface area contributed by atoms with Crippen LogP contribution in [0.1, 0.15) is 26.2 Å². The number of aliphatic carboxylic acids is 2. The molecule has 0 aromatic rings. The molecule has 1 saturated heterocycles. The molecule has 1 heterocycles. The quantitative estimate of drug-likeness (QED) is 0.177. The first-order valence-electron chi connectivity index (χ1n) is 8.89. The number of aliphatic hydroxyl groups is 1. The molecule has 0 aromatic heterocycles. The number of amides is 3. The fourth-order valence-corrected chi connectivity index (χ4v) is 3.06. The Kier molecular flexibility index (Phi) is 9.33. The SMILES string of the molecule is CC(O)C(N)C(=O)N1CCCC1C(=O)NC(CC(=O)O)C(=O)NC(CS)C(=O)O. The van der Waals surface area contributed by atoms with Crippen LogP contribution < -0.4 is 16.4 Å². The molecule has 164 valence electrons. The lowest BCUT2D eigenvalue weighted by Gasteiger charge is -2.29. The lowest BCUT2D eigenvalue weighted by Crippen LogP contribution is -2.58. The molecule has 5 unspecified atom stereocenters. The van der Waals surface area contributed by atoms with E-state index in [2.05, 4.69) is 23.3 Å². The average molecular weight is 434 g/mol. The van der Waals surface area contributed by atoms with Gasteiger partial charge in [-0.2, -0.15) is 12.6 Å². The maximum atomic E-state index is 12.6. The summed E-state index contributed by atoms with van der Waals surface area (Å²) in [6.45, 7) is 1.55. The van der Waals surface area contributed by atoms with Gasteiger partial charge in [-0.15, -0.1) is 0 Å². The average Bonchev–Trinajstić information content (AvgIpc) is 3.13. The van der Waals surface area contributed by atoms with Gasteiger partial charge in [0.2, 0.25) is 17.7 Å². The minimum absolute atomic E-state index is 0.216. The van der Waals surface area contributed by atoms with Crippen LogP contribution in [0.25, 0.3) is 0 Å². The summed E-state index contributed by atoms with van der Waals surface area (Å²) in [4.78, 5) is 60.6. The van der Waals surface area contributed by atoms with Crippen molar-refractivity contribution in [3.8, 4) is 0 Å². The van der Waals surface area contributed by atoms with Crippen LogP contribution >= 0.6 is 12.6 Å². The standard InChI is InChI=1S/C16H26N4O8S/c1-7(21)12(17)15(26)20-4-2-3-10(20)14(25)18-8(5-11(22)23)13(24)19-9(6-29)16(27)28/h7-10,12,21,29H,2-6,17H2,1H3,(H,18,25)(H,19,24)(H,22,23)(H,27,28). The number of aliphatic hydroxyl groups excluding tert-OH is 1. The van der Waals surface area contributed by atoms with Gasteiger partial charge in [0.25, 0.3) is 0 Å². The summed E-state index contributed by atoms with van der Waals surface area (Å²) in [5, 5.41) is 31.9. The van der Waals surface area contributed by atoms with Gasteiger partial charge in [0.1, 0.15) is 24.2 Å². The van der Waals surface area contributed by atoms with Crippen LogP contribution in [-0.4, -0.2) is 92.4 Å². The molecule has 0 aliphatic carbocycles. The summed E-state index contributed by atoms with van der Waals surface area (Å²) >= 11 is 3.80. The number of likely N-dealkylation sites (tertiary alicyclic amines) is 1. The molecule has 29 heavy (non-hydrogen) atoms. The zero-order valence-corrected chi connectivity index (χ0v) is 16.7. The van der Waals surface area contributed by atoms with Gasteiger partial charge in [0.05, 0.1) is 12.5 Å². The Morgan fingerprint density at radius 1 is 1.17 bits per heavy atom. The molecule has 0 aromatic carbocycles. The van der Waals surface area contributed by atoms with E-state index in [1.165, 1.54) is 11.8 Å². The maximum Gasteiger partial charge on any atom is 0.327 e. The van der Waals surface area contributed by atoms with E-state index in [0.717, 1.165) is 0 Å². The Balaban J connectivity index is 2.91. The lowest BCUT2D eigenvalue weighted by atomic mass is 10.1. The van der Waals surface area contributed by atoms with Gasteiger partial charge >= 0.3 is 11.9 Å². The number of carboxylic acid groups (broad SMARTS) is 2. The molecule has 1 aliphatic heterocycles. The van der Waals surface area contributed by atoms with Gasteiger partial charge in [0.15, 0.2) is 0 Å². The number of carbonyl (C=O) groups excluding carboxylic acids is 3. The van der Waals surface area contributed by atoms with Crippen LogP contribution in [0.5, 0.6) is 0 Å². The molecule has 1 rings (SSSR count). The summed E-state index contributed by atoms with van der Waals surface area (Å²) in [6, 6.07) is -5.14. The summed E-state index contributed by atoms with van der Waals surface area (Å²) in [5.41, 5.74) is 5.64. The van der Waals surface area contributed by atoms with E-state index in [1.807, 2.05) is 0 Å². The second kappa shape index (κ2) is 11.0. The molecular formula is C16H26N4O8S. The van der Waals surface area contributed by atoms with Crippen molar-refractivity contribution in [1.29, 1.82) is 0 Å². The topological polar surface area (TPSA) is 199 Å². The van der Waals surface area contributed by atoms with E-state index in [0.29, 0.717) is 6.42 Å². The molecule has 5 atom stereocenters. The fraction of sp³-hybridized carbons (Fsp3) is 0.688. The van der Waals surface area contributed by atoms with Crippen molar-refractivity contribution in [2.45, 2.75) is 56.5 Å². The Labute approximate surface area is 172 Å². The van der Waals surface area contributed by atoms with Crippen molar-refractivity contribution in [2.75, 3.05) is 12.3 Å². The number of rotatable bonds is 10. The highest BCUT2D eigenvalue weighted by atomic mass is 32.1. The van der Waals surface area contributed by atoms with Crippen LogP contribution in [0.15, 0.2) is 0 Å². The van der Waals surface area contributed by atoms with Gasteiger partial charge < -0.3 is 36.6 Å². The van der Waals surface area contributed by atoms with E-state index in [4.69, 9.17) is 15.9 Å². The third-order valence-corrected chi connectivity index (χ3v) is 4.82. The first-order valence-corrected chi connectivity index (χ1v) is 9.53. The van der Waals surface area contributed by atoms with E-state index < -0.39 is 66.4 Å². The highest BCUT2D eigenvalue weighted by molar-refractivity contribution is 7.80. The molecule has 0 saturated carbocycles. The van der Waals surface area contributed by atoms with Gasteiger partial charge in [0, 0.05) is 12.3 Å². The predicted molar refractivity (Wildman–Crippen MR) is 102 cm³/mol. The molecule has 0 radical (unpaired) electrons. The summed E-state index contributed by atoms with van der Waals surface area (Å²) < 4.78 is 0. The molecule has 1 fully saturated rings.